The second-order valence-electron chi connectivity index (χ2n) is 6.54. The van der Waals surface area contributed by atoms with Crippen molar-refractivity contribution in [1.82, 2.24) is 5.32 Å². The number of halogens is 2. The minimum Gasteiger partial charge on any atom is -0.464 e. The number of amides is 1. The van der Waals surface area contributed by atoms with Crippen molar-refractivity contribution in [3.05, 3.63) is 35.4 Å². The quantitative estimate of drug-likeness (QED) is 0.587. The SMILES string of the molecule is CCOC(=O)C(CCC(=O)c1ccc(F)c(F)c1)NC(=O)OC(C)(C)C. The molecule has 144 valence electrons. The van der Waals surface area contributed by atoms with E-state index in [0.29, 0.717) is 0 Å². The third-order valence-electron chi connectivity index (χ3n) is 3.16. The van der Waals surface area contributed by atoms with E-state index in [2.05, 4.69) is 5.32 Å². The molecule has 0 saturated carbocycles. The first-order valence-electron chi connectivity index (χ1n) is 8.18. The molecule has 1 N–H and O–H groups in total. The summed E-state index contributed by atoms with van der Waals surface area (Å²) in [5.41, 5.74) is -0.783. The fourth-order valence-corrected chi connectivity index (χ4v) is 2.03. The smallest absolute Gasteiger partial charge is 0.408 e. The number of benzene rings is 1. The van der Waals surface area contributed by atoms with Gasteiger partial charge in [-0.1, -0.05) is 0 Å². The van der Waals surface area contributed by atoms with Crippen LogP contribution < -0.4 is 5.32 Å². The molecular formula is C18H23F2NO5. The van der Waals surface area contributed by atoms with E-state index in [-0.39, 0.29) is 25.0 Å². The van der Waals surface area contributed by atoms with Crippen LogP contribution in [0, 0.1) is 11.6 Å². The Morgan fingerprint density at radius 2 is 1.81 bits per heavy atom. The van der Waals surface area contributed by atoms with Crippen LogP contribution in [0.25, 0.3) is 0 Å². The zero-order valence-electron chi connectivity index (χ0n) is 15.2. The Labute approximate surface area is 150 Å². The molecule has 0 saturated heterocycles. The fraction of sp³-hybridized carbons (Fsp3) is 0.500. The molecule has 0 heterocycles. The Hall–Kier alpha value is -2.51. The van der Waals surface area contributed by atoms with E-state index in [1.54, 1.807) is 27.7 Å². The van der Waals surface area contributed by atoms with Crippen LogP contribution in [-0.2, 0) is 14.3 Å². The first kappa shape index (κ1) is 21.5. The lowest BCUT2D eigenvalue weighted by Gasteiger charge is -2.22. The van der Waals surface area contributed by atoms with Crippen molar-refractivity contribution in [3.8, 4) is 0 Å². The van der Waals surface area contributed by atoms with Crippen LogP contribution in [0.15, 0.2) is 18.2 Å². The van der Waals surface area contributed by atoms with E-state index in [9.17, 15) is 23.2 Å². The predicted octanol–water partition coefficient (Wildman–Crippen LogP) is 3.38. The highest BCUT2D eigenvalue weighted by atomic mass is 19.2. The van der Waals surface area contributed by atoms with Gasteiger partial charge in [0.15, 0.2) is 17.4 Å². The van der Waals surface area contributed by atoms with Gasteiger partial charge in [-0.25, -0.2) is 18.4 Å². The van der Waals surface area contributed by atoms with E-state index < -0.39 is 41.1 Å². The summed E-state index contributed by atoms with van der Waals surface area (Å²) in [6, 6.07) is 1.70. The average Bonchev–Trinajstić information content (AvgIpc) is 2.52. The van der Waals surface area contributed by atoms with Crippen molar-refractivity contribution in [3.63, 3.8) is 0 Å². The summed E-state index contributed by atoms with van der Waals surface area (Å²) in [4.78, 5) is 36.0. The molecule has 0 aliphatic carbocycles. The molecule has 1 aromatic carbocycles. The van der Waals surface area contributed by atoms with Crippen molar-refractivity contribution in [2.24, 2.45) is 0 Å². The minimum absolute atomic E-state index is 0.0243. The summed E-state index contributed by atoms with van der Waals surface area (Å²) >= 11 is 0. The summed E-state index contributed by atoms with van der Waals surface area (Å²) in [7, 11) is 0. The van der Waals surface area contributed by atoms with Crippen molar-refractivity contribution in [2.75, 3.05) is 6.61 Å². The summed E-state index contributed by atoms with van der Waals surface area (Å²) in [6.45, 7) is 6.70. The maximum absolute atomic E-state index is 13.2. The first-order valence-corrected chi connectivity index (χ1v) is 8.18. The highest BCUT2D eigenvalue weighted by Gasteiger charge is 2.26. The van der Waals surface area contributed by atoms with Crippen molar-refractivity contribution in [1.29, 1.82) is 0 Å². The largest absolute Gasteiger partial charge is 0.464 e. The number of hydrogen-bond acceptors (Lipinski definition) is 5. The fourth-order valence-electron chi connectivity index (χ4n) is 2.03. The number of esters is 1. The van der Waals surface area contributed by atoms with Gasteiger partial charge >= 0.3 is 12.1 Å². The molecule has 1 unspecified atom stereocenters. The molecule has 0 aromatic heterocycles. The maximum Gasteiger partial charge on any atom is 0.408 e. The maximum atomic E-state index is 13.2. The number of ether oxygens (including phenoxy) is 2. The van der Waals surface area contributed by atoms with Crippen LogP contribution in [0.2, 0.25) is 0 Å². The molecule has 0 radical (unpaired) electrons. The minimum atomic E-state index is -1.13. The first-order chi connectivity index (χ1) is 12.0. The van der Waals surface area contributed by atoms with Crippen LogP contribution in [0.3, 0.4) is 0 Å². The molecule has 26 heavy (non-hydrogen) atoms. The van der Waals surface area contributed by atoms with E-state index in [0.717, 1.165) is 18.2 Å². The molecule has 8 heteroatoms. The van der Waals surface area contributed by atoms with E-state index >= 15 is 0 Å². The normalized spacial score (nSPS) is 12.2. The summed E-state index contributed by atoms with van der Waals surface area (Å²) < 4.78 is 36.1. The Balaban J connectivity index is 2.75. The molecule has 0 aliphatic rings. The molecule has 1 amide bonds. The molecule has 0 fully saturated rings. The molecule has 1 aromatic rings. The second-order valence-corrected chi connectivity index (χ2v) is 6.54. The Bertz CT molecular complexity index is 670. The van der Waals surface area contributed by atoms with Crippen LogP contribution in [0.5, 0.6) is 0 Å². The van der Waals surface area contributed by atoms with Gasteiger partial charge in [-0.2, -0.15) is 0 Å². The van der Waals surface area contributed by atoms with Crippen LogP contribution >= 0.6 is 0 Å². The van der Waals surface area contributed by atoms with E-state index in [1.807, 2.05) is 0 Å². The summed E-state index contributed by atoms with van der Waals surface area (Å²) in [5.74, 6) is -3.40. The molecule has 6 nitrogen and oxygen atoms in total. The highest BCUT2D eigenvalue weighted by Crippen LogP contribution is 2.13. The Morgan fingerprint density at radius 3 is 2.35 bits per heavy atom. The van der Waals surface area contributed by atoms with Gasteiger partial charge in [0.05, 0.1) is 6.61 Å². The number of carbonyl (C=O) groups excluding carboxylic acids is 3. The van der Waals surface area contributed by atoms with Gasteiger partial charge in [-0.05, 0) is 52.3 Å². The van der Waals surface area contributed by atoms with Gasteiger partial charge in [0, 0.05) is 12.0 Å². The Kier molecular flexibility index (Phi) is 7.67. The third kappa shape index (κ3) is 7.16. The van der Waals surface area contributed by atoms with Gasteiger partial charge in [-0.15, -0.1) is 0 Å². The lowest BCUT2D eigenvalue weighted by Crippen LogP contribution is -2.44. The molecule has 0 spiro atoms. The molecule has 1 rings (SSSR count). The molecule has 0 aliphatic heterocycles. The van der Waals surface area contributed by atoms with Crippen molar-refractivity contribution >= 4 is 17.8 Å². The van der Waals surface area contributed by atoms with Crippen molar-refractivity contribution < 1.29 is 32.6 Å². The topological polar surface area (TPSA) is 81.7 Å². The standard InChI is InChI=1S/C18H23F2NO5/c1-5-25-16(23)14(21-17(24)26-18(2,3)4)8-9-15(22)11-6-7-12(19)13(20)10-11/h6-7,10,14H,5,8-9H2,1-4H3,(H,21,24). The van der Waals surface area contributed by atoms with Gasteiger partial charge in [0.1, 0.15) is 11.6 Å². The van der Waals surface area contributed by atoms with Crippen LogP contribution in [0.4, 0.5) is 13.6 Å². The second kappa shape index (κ2) is 9.26. The van der Waals surface area contributed by atoms with Gasteiger partial charge in [0.25, 0.3) is 0 Å². The van der Waals surface area contributed by atoms with Crippen LogP contribution in [0.1, 0.15) is 50.9 Å². The average molecular weight is 371 g/mol. The molecule has 0 bridgehead atoms. The van der Waals surface area contributed by atoms with Gasteiger partial charge < -0.3 is 14.8 Å². The lowest BCUT2D eigenvalue weighted by atomic mass is 10.0. The van der Waals surface area contributed by atoms with Gasteiger partial charge in [0.2, 0.25) is 0 Å². The zero-order chi connectivity index (χ0) is 19.9. The predicted molar refractivity (Wildman–Crippen MR) is 89.7 cm³/mol. The zero-order valence-corrected chi connectivity index (χ0v) is 15.2. The third-order valence-corrected chi connectivity index (χ3v) is 3.16. The van der Waals surface area contributed by atoms with Crippen LogP contribution in [-0.4, -0.2) is 36.1 Å². The van der Waals surface area contributed by atoms with Gasteiger partial charge in [-0.3, -0.25) is 4.79 Å². The number of ketones is 1. The van der Waals surface area contributed by atoms with Crippen molar-refractivity contribution in [2.45, 2.75) is 52.2 Å². The summed E-state index contributed by atoms with van der Waals surface area (Å²) in [5, 5.41) is 2.36. The van der Waals surface area contributed by atoms with E-state index in [1.165, 1.54) is 0 Å². The lowest BCUT2D eigenvalue weighted by molar-refractivity contribution is -0.145. The molecular weight excluding hydrogens is 348 g/mol. The number of nitrogens with one attached hydrogen (secondary N) is 1. The number of rotatable bonds is 7. The monoisotopic (exact) mass is 371 g/mol. The number of hydrogen-bond donors (Lipinski definition) is 1. The number of carbonyl (C=O) groups is 3. The number of Topliss-reactive ketones (excluding diaryl/α,β-unsaturated/α-hetero) is 1. The molecule has 1 atom stereocenters. The highest BCUT2D eigenvalue weighted by molar-refractivity contribution is 5.96. The summed E-state index contributed by atoms with van der Waals surface area (Å²) in [6.07, 6.45) is -1.07. The van der Waals surface area contributed by atoms with E-state index in [4.69, 9.17) is 9.47 Å². The number of alkyl carbamates (subject to hydrolysis) is 1. The Morgan fingerprint density at radius 1 is 1.15 bits per heavy atom.